The largest absolute Gasteiger partial charge is 0.384 e. The number of benzene rings is 1. The number of aliphatic hydroxyl groups excluding tert-OH is 1. The number of aliphatic hydroxyl groups is 1. The zero-order valence-corrected chi connectivity index (χ0v) is 13.6. The Bertz CT molecular complexity index is 571. The Hall–Kier alpha value is -1.54. The molecule has 0 aliphatic rings. The second-order valence-corrected chi connectivity index (χ2v) is 5.95. The molecular formula is C16H21ClN2O2. The van der Waals surface area contributed by atoms with Crippen molar-refractivity contribution in [3.63, 3.8) is 0 Å². The van der Waals surface area contributed by atoms with E-state index >= 15 is 0 Å². The van der Waals surface area contributed by atoms with Crippen LogP contribution in [0.2, 0.25) is 5.02 Å². The van der Waals surface area contributed by atoms with Crippen molar-refractivity contribution in [3.05, 3.63) is 34.3 Å². The molecule has 114 valence electrons. The normalized spacial score (nSPS) is 11.0. The molecule has 0 unspecified atom stereocenters. The Labute approximate surface area is 131 Å². The predicted octanol–water partition coefficient (Wildman–Crippen LogP) is 1.75. The van der Waals surface area contributed by atoms with Gasteiger partial charge in [0.2, 0.25) is 0 Å². The van der Waals surface area contributed by atoms with E-state index in [-0.39, 0.29) is 18.1 Å². The van der Waals surface area contributed by atoms with Gasteiger partial charge in [-0.15, -0.1) is 0 Å². The number of amides is 1. The summed E-state index contributed by atoms with van der Waals surface area (Å²) in [4.78, 5) is 14.2. The van der Waals surface area contributed by atoms with Crippen LogP contribution in [0.15, 0.2) is 18.2 Å². The summed E-state index contributed by atoms with van der Waals surface area (Å²) >= 11 is 6.08. The van der Waals surface area contributed by atoms with Gasteiger partial charge in [0.05, 0.1) is 5.02 Å². The summed E-state index contributed by atoms with van der Waals surface area (Å²) in [6, 6.07) is 4.93. The lowest BCUT2D eigenvalue weighted by Gasteiger charge is -2.32. The van der Waals surface area contributed by atoms with Crippen molar-refractivity contribution < 1.29 is 9.90 Å². The summed E-state index contributed by atoms with van der Waals surface area (Å²) in [5.74, 6) is 5.08. The van der Waals surface area contributed by atoms with Gasteiger partial charge in [-0.2, -0.15) is 0 Å². The fourth-order valence-corrected chi connectivity index (χ4v) is 1.68. The Morgan fingerprint density at radius 1 is 1.43 bits per heavy atom. The zero-order chi connectivity index (χ0) is 16.0. The molecule has 0 heterocycles. The van der Waals surface area contributed by atoms with Crippen LogP contribution in [-0.2, 0) is 0 Å². The molecule has 0 bridgehead atoms. The number of carbonyl (C=O) groups excluding carboxylic acids is 1. The van der Waals surface area contributed by atoms with Crippen LogP contribution in [0, 0.1) is 11.8 Å². The number of nitrogens with zero attached hydrogens (tertiary/aromatic N) is 1. The van der Waals surface area contributed by atoms with Crippen molar-refractivity contribution in [1.29, 1.82) is 0 Å². The van der Waals surface area contributed by atoms with E-state index in [0.29, 0.717) is 22.7 Å². The van der Waals surface area contributed by atoms with Gasteiger partial charge in [-0.3, -0.25) is 4.79 Å². The highest BCUT2D eigenvalue weighted by molar-refractivity contribution is 6.32. The lowest BCUT2D eigenvalue weighted by atomic mass is 10.0. The van der Waals surface area contributed by atoms with Crippen LogP contribution in [0.25, 0.3) is 0 Å². The molecule has 0 fully saturated rings. The van der Waals surface area contributed by atoms with Gasteiger partial charge in [0.1, 0.15) is 6.61 Å². The molecule has 0 aliphatic carbocycles. The molecule has 0 saturated heterocycles. The molecule has 1 aromatic rings. The van der Waals surface area contributed by atoms with Gasteiger partial charge in [0.25, 0.3) is 5.91 Å². The summed E-state index contributed by atoms with van der Waals surface area (Å²) in [5, 5.41) is 12.0. The summed E-state index contributed by atoms with van der Waals surface area (Å²) in [6.45, 7) is 4.41. The average molecular weight is 309 g/mol. The van der Waals surface area contributed by atoms with Crippen molar-refractivity contribution in [2.75, 3.05) is 27.2 Å². The van der Waals surface area contributed by atoms with Crippen LogP contribution in [0.5, 0.6) is 0 Å². The van der Waals surface area contributed by atoms with Crippen molar-refractivity contribution in [2.24, 2.45) is 0 Å². The van der Waals surface area contributed by atoms with Crippen molar-refractivity contribution >= 4 is 17.5 Å². The predicted molar refractivity (Wildman–Crippen MR) is 85.5 cm³/mol. The molecule has 4 nitrogen and oxygen atoms in total. The van der Waals surface area contributed by atoms with E-state index in [9.17, 15) is 4.79 Å². The summed E-state index contributed by atoms with van der Waals surface area (Å²) < 4.78 is 0. The van der Waals surface area contributed by atoms with Crippen LogP contribution in [0.4, 0.5) is 0 Å². The Kier molecular flexibility index (Phi) is 6.22. The molecule has 21 heavy (non-hydrogen) atoms. The molecule has 0 radical (unpaired) electrons. The first kappa shape index (κ1) is 17.5. The van der Waals surface area contributed by atoms with Gasteiger partial charge in [0, 0.05) is 23.2 Å². The number of carbonyl (C=O) groups is 1. The van der Waals surface area contributed by atoms with Gasteiger partial charge in [-0.25, -0.2) is 0 Å². The zero-order valence-electron chi connectivity index (χ0n) is 12.8. The third kappa shape index (κ3) is 5.05. The molecule has 1 aromatic carbocycles. The monoisotopic (exact) mass is 308 g/mol. The number of nitrogens with one attached hydrogen (secondary N) is 1. The molecular weight excluding hydrogens is 288 g/mol. The van der Waals surface area contributed by atoms with Crippen molar-refractivity contribution in [3.8, 4) is 11.8 Å². The second-order valence-electron chi connectivity index (χ2n) is 5.54. The highest BCUT2D eigenvalue weighted by atomic mass is 35.5. The highest BCUT2D eigenvalue weighted by Gasteiger charge is 2.21. The molecule has 0 aliphatic heterocycles. The molecule has 0 saturated carbocycles. The summed E-state index contributed by atoms with van der Waals surface area (Å²) in [5.41, 5.74) is 0.950. The fraction of sp³-hybridized carbons (Fsp3) is 0.438. The third-order valence-electron chi connectivity index (χ3n) is 3.43. The lowest BCUT2D eigenvalue weighted by Crippen LogP contribution is -2.48. The number of halogens is 1. The average Bonchev–Trinajstić information content (AvgIpc) is 2.43. The number of likely N-dealkylation sites (N-methyl/N-ethyl adjacent to an activating group) is 1. The van der Waals surface area contributed by atoms with E-state index in [2.05, 4.69) is 17.2 Å². The summed E-state index contributed by atoms with van der Waals surface area (Å²) in [6.07, 6.45) is 0. The van der Waals surface area contributed by atoms with E-state index in [1.807, 2.05) is 32.8 Å². The van der Waals surface area contributed by atoms with Crippen LogP contribution in [0.3, 0.4) is 0 Å². The van der Waals surface area contributed by atoms with Crippen LogP contribution in [0.1, 0.15) is 29.8 Å². The molecule has 1 amide bonds. The van der Waals surface area contributed by atoms with Gasteiger partial charge < -0.3 is 15.3 Å². The third-order valence-corrected chi connectivity index (χ3v) is 3.74. The molecule has 0 atom stereocenters. The van der Waals surface area contributed by atoms with Crippen molar-refractivity contribution in [2.45, 2.75) is 19.4 Å². The number of rotatable bonds is 4. The van der Waals surface area contributed by atoms with Crippen LogP contribution in [-0.4, -0.2) is 48.7 Å². The van der Waals surface area contributed by atoms with Gasteiger partial charge in [-0.1, -0.05) is 23.4 Å². The van der Waals surface area contributed by atoms with Gasteiger partial charge in [0.15, 0.2) is 0 Å². The minimum Gasteiger partial charge on any atom is -0.384 e. The second kappa shape index (κ2) is 7.46. The molecule has 0 aromatic heterocycles. The summed E-state index contributed by atoms with van der Waals surface area (Å²) in [7, 11) is 3.94. The van der Waals surface area contributed by atoms with Crippen molar-refractivity contribution in [1.82, 2.24) is 10.2 Å². The van der Waals surface area contributed by atoms with Gasteiger partial charge in [-0.05, 0) is 46.1 Å². The van der Waals surface area contributed by atoms with Crippen LogP contribution >= 0.6 is 11.6 Å². The first-order valence-electron chi connectivity index (χ1n) is 6.63. The van der Waals surface area contributed by atoms with E-state index < -0.39 is 0 Å². The number of hydrogen-bond donors (Lipinski definition) is 2. The maximum atomic E-state index is 12.1. The minimum absolute atomic E-state index is 0.133. The van der Waals surface area contributed by atoms with Crippen LogP contribution < -0.4 is 5.32 Å². The Morgan fingerprint density at radius 3 is 2.62 bits per heavy atom. The maximum absolute atomic E-state index is 12.1. The van der Waals surface area contributed by atoms with Gasteiger partial charge >= 0.3 is 0 Å². The first-order chi connectivity index (χ1) is 9.77. The lowest BCUT2D eigenvalue weighted by molar-refractivity contribution is 0.0919. The topological polar surface area (TPSA) is 52.6 Å². The quantitative estimate of drug-likeness (QED) is 0.833. The Balaban J connectivity index is 2.78. The minimum atomic E-state index is -0.224. The molecule has 5 heteroatoms. The fourth-order valence-electron chi connectivity index (χ4n) is 1.45. The standard InChI is InChI=1S/C16H21ClN2O2/c1-16(2,19(3)4)11-18-15(21)13-8-7-12(6-5-9-20)14(17)10-13/h7-8,10,20H,9,11H2,1-4H3,(H,18,21). The van der Waals surface area contributed by atoms with E-state index in [4.69, 9.17) is 16.7 Å². The number of hydrogen-bond acceptors (Lipinski definition) is 3. The molecule has 0 spiro atoms. The van der Waals surface area contributed by atoms with E-state index in [1.165, 1.54) is 0 Å². The molecule has 1 rings (SSSR count). The van der Waals surface area contributed by atoms with E-state index in [1.54, 1.807) is 18.2 Å². The first-order valence-corrected chi connectivity index (χ1v) is 7.00. The molecule has 2 N–H and O–H groups in total. The highest BCUT2D eigenvalue weighted by Crippen LogP contribution is 2.17. The SMILES string of the molecule is CN(C)C(C)(C)CNC(=O)c1ccc(C#CCO)c(Cl)c1. The smallest absolute Gasteiger partial charge is 0.251 e. The van der Waals surface area contributed by atoms with E-state index in [0.717, 1.165) is 0 Å². The Morgan fingerprint density at radius 2 is 2.10 bits per heavy atom. The maximum Gasteiger partial charge on any atom is 0.251 e.